The van der Waals surface area contributed by atoms with Crippen LogP contribution in [0, 0.1) is 11.3 Å². The van der Waals surface area contributed by atoms with Gasteiger partial charge in [0.15, 0.2) is 0 Å². The van der Waals surface area contributed by atoms with Crippen LogP contribution in [0.4, 0.5) is 0 Å². The Kier molecular flexibility index (Phi) is 2.62. The molecule has 0 bridgehead atoms. The molecule has 0 fully saturated rings. The third-order valence-corrected chi connectivity index (χ3v) is 1.56. The maximum absolute atomic E-state index is 11.3. The van der Waals surface area contributed by atoms with Crippen molar-refractivity contribution in [1.82, 2.24) is 4.57 Å². The van der Waals surface area contributed by atoms with Crippen molar-refractivity contribution in [3.63, 3.8) is 0 Å². The molecule has 0 atom stereocenters. The first-order chi connectivity index (χ1) is 5.79. The molecular formula is C8H9N3O. The van der Waals surface area contributed by atoms with Crippen LogP contribution in [-0.4, -0.2) is 4.57 Å². The first-order valence-electron chi connectivity index (χ1n) is 3.55. The zero-order chi connectivity index (χ0) is 8.97. The van der Waals surface area contributed by atoms with Crippen LogP contribution in [0.15, 0.2) is 23.1 Å². The lowest BCUT2D eigenvalue weighted by Gasteiger charge is -2.00. The lowest BCUT2D eigenvalue weighted by atomic mass is 10.3. The van der Waals surface area contributed by atoms with Gasteiger partial charge in [0.2, 0.25) is 0 Å². The van der Waals surface area contributed by atoms with Crippen molar-refractivity contribution >= 4 is 0 Å². The molecule has 1 rings (SSSR count). The fourth-order valence-corrected chi connectivity index (χ4v) is 0.943. The van der Waals surface area contributed by atoms with Gasteiger partial charge in [0.1, 0.15) is 6.54 Å². The van der Waals surface area contributed by atoms with E-state index in [1.54, 1.807) is 18.3 Å². The first kappa shape index (κ1) is 8.50. The summed E-state index contributed by atoms with van der Waals surface area (Å²) < 4.78 is 1.34. The molecule has 12 heavy (non-hydrogen) atoms. The second kappa shape index (κ2) is 3.69. The minimum Gasteiger partial charge on any atom is -0.326 e. The molecule has 4 nitrogen and oxygen atoms in total. The van der Waals surface area contributed by atoms with Crippen molar-refractivity contribution in [2.45, 2.75) is 13.1 Å². The monoisotopic (exact) mass is 163 g/mol. The summed E-state index contributed by atoms with van der Waals surface area (Å²) in [5, 5.41) is 8.37. The van der Waals surface area contributed by atoms with E-state index in [-0.39, 0.29) is 18.6 Å². The van der Waals surface area contributed by atoms with Crippen LogP contribution >= 0.6 is 0 Å². The molecule has 0 aliphatic rings. The summed E-state index contributed by atoms with van der Waals surface area (Å²) in [7, 11) is 0. The zero-order valence-corrected chi connectivity index (χ0v) is 6.53. The smallest absolute Gasteiger partial charge is 0.255 e. The molecular weight excluding hydrogens is 154 g/mol. The van der Waals surface area contributed by atoms with Crippen LogP contribution in [0.3, 0.4) is 0 Å². The van der Waals surface area contributed by atoms with Crippen LogP contribution in [-0.2, 0) is 13.1 Å². The summed E-state index contributed by atoms with van der Waals surface area (Å²) in [6, 6.07) is 5.27. The summed E-state index contributed by atoms with van der Waals surface area (Å²) in [6.07, 6.45) is 1.57. The molecule has 1 aromatic rings. The number of rotatable bonds is 2. The Bertz CT molecular complexity index is 361. The zero-order valence-electron chi connectivity index (χ0n) is 6.53. The van der Waals surface area contributed by atoms with Crippen LogP contribution in [0.5, 0.6) is 0 Å². The molecule has 2 N–H and O–H groups in total. The van der Waals surface area contributed by atoms with Gasteiger partial charge in [-0.15, -0.1) is 0 Å². The Labute approximate surface area is 69.8 Å². The van der Waals surface area contributed by atoms with Gasteiger partial charge < -0.3 is 10.3 Å². The van der Waals surface area contributed by atoms with E-state index in [0.717, 1.165) is 0 Å². The fraction of sp³-hybridized carbons (Fsp3) is 0.250. The number of aromatic nitrogens is 1. The number of nitrogens with two attached hydrogens (primary N) is 1. The van der Waals surface area contributed by atoms with Crippen LogP contribution in [0.1, 0.15) is 5.56 Å². The largest absolute Gasteiger partial charge is 0.326 e. The highest BCUT2D eigenvalue weighted by atomic mass is 16.1. The van der Waals surface area contributed by atoms with Crippen molar-refractivity contribution < 1.29 is 0 Å². The molecule has 0 saturated carbocycles. The molecule has 0 saturated heterocycles. The Morgan fingerprint density at radius 1 is 1.67 bits per heavy atom. The molecule has 0 amide bonds. The first-order valence-corrected chi connectivity index (χ1v) is 3.55. The van der Waals surface area contributed by atoms with Crippen molar-refractivity contribution in [3.05, 3.63) is 34.2 Å². The number of pyridine rings is 1. The van der Waals surface area contributed by atoms with Gasteiger partial charge in [-0.25, -0.2) is 0 Å². The molecule has 0 aliphatic heterocycles. The maximum atomic E-state index is 11.3. The minimum absolute atomic E-state index is 0.0761. The fourth-order valence-electron chi connectivity index (χ4n) is 0.943. The SMILES string of the molecule is N#CCn1cccc(CN)c1=O. The number of hydrogen-bond acceptors (Lipinski definition) is 3. The summed E-state index contributed by atoms with van der Waals surface area (Å²) in [4.78, 5) is 11.3. The van der Waals surface area contributed by atoms with E-state index in [2.05, 4.69) is 0 Å². The van der Waals surface area contributed by atoms with E-state index >= 15 is 0 Å². The average molecular weight is 163 g/mol. The third-order valence-electron chi connectivity index (χ3n) is 1.56. The predicted octanol–water partition coefficient (Wildman–Crippen LogP) is -0.169. The van der Waals surface area contributed by atoms with Crippen molar-refractivity contribution in [2.75, 3.05) is 0 Å². The van der Waals surface area contributed by atoms with E-state index in [9.17, 15) is 4.79 Å². The van der Waals surface area contributed by atoms with E-state index in [4.69, 9.17) is 11.0 Å². The van der Waals surface area contributed by atoms with E-state index < -0.39 is 0 Å². The average Bonchev–Trinajstić information content (AvgIpc) is 2.09. The maximum Gasteiger partial charge on any atom is 0.255 e. The van der Waals surface area contributed by atoms with Gasteiger partial charge in [-0.3, -0.25) is 4.79 Å². The van der Waals surface area contributed by atoms with E-state index in [1.807, 2.05) is 6.07 Å². The molecule has 1 heterocycles. The number of hydrogen-bond donors (Lipinski definition) is 1. The van der Waals surface area contributed by atoms with Crippen LogP contribution in [0.2, 0.25) is 0 Å². The molecule has 62 valence electrons. The predicted molar refractivity (Wildman–Crippen MR) is 44.2 cm³/mol. The molecule has 1 aromatic heterocycles. The molecule has 4 heteroatoms. The lowest BCUT2D eigenvalue weighted by Crippen LogP contribution is -2.24. The van der Waals surface area contributed by atoms with Crippen molar-refractivity contribution in [1.29, 1.82) is 5.26 Å². The van der Waals surface area contributed by atoms with Gasteiger partial charge in [0.25, 0.3) is 5.56 Å². The summed E-state index contributed by atoms with van der Waals surface area (Å²) in [6.45, 7) is 0.289. The van der Waals surface area contributed by atoms with E-state index in [0.29, 0.717) is 5.56 Å². The summed E-state index contributed by atoms with van der Waals surface area (Å²) >= 11 is 0. The Hall–Kier alpha value is -1.60. The second-order valence-electron chi connectivity index (χ2n) is 2.33. The van der Waals surface area contributed by atoms with Gasteiger partial charge >= 0.3 is 0 Å². The van der Waals surface area contributed by atoms with Gasteiger partial charge in [-0.2, -0.15) is 5.26 Å². The molecule has 0 radical (unpaired) electrons. The topological polar surface area (TPSA) is 71.8 Å². The summed E-state index contributed by atoms with van der Waals surface area (Å²) in [5.41, 5.74) is 5.68. The molecule has 0 aromatic carbocycles. The van der Waals surface area contributed by atoms with Crippen LogP contribution in [0.25, 0.3) is 0 Å². The normalized spacial score (nSPS) is 9.33. The second-order valence-corrected chi connectivity index (χ2v) is 2.33. The highest BCUT2D eigenvalue weighted by Crippen LogP contribution is 1.89. The Balaban J connectivity index is 3.16. The van der Waals surface area contributed by atoms with Crippen molar-refractivity contribution in [2.24, 2.45) is 5.73 Å². The number of nitriles is 1. The van der Waals surface area contributed by atoms with Crippen molar-refractivity contribution in [3.8, 4) is 6.07 Å². The van der Waals surface area contributed by atoms with Gasteiger partial charge in [-0.05, 0) is 6.07 Å². The Morgan fingerprint density at radius 3 is 3.00 bits per heavy atom. The Morgan fingerprint density at radius 2 is 2.42 bits per heavy atom. The highest BCUT2D eigenvalue weighted by Gasteiger charge is 1.98. The molecule has 0 spiro atoms. The van der Waals surface area contributed by atoms with Gasteiger partial charge in [-0.1, -0.05) is 6.07 Å². The molecule has 0 aliphatic carbocycles. The summed E-state index contributed by atoms with van der Waals surface area (Å²) in [5.74, 6) is 0. The lowest BCUT2D eigenvalue weighted by molar-refractivity contribution is 0.769. The van der Waals surface area contributed by atoms with Gasteiger partial charge in [0, 0.05) is 18.3 Å². The van der Waals surface area contributed by atoms with Crippen LogP contribution < -0.4 is 11.3 Å². The highest BCUT2D eigenvalue weighted by molar-refractivity contribution is 5.10. The quantitative estimate of drug-likeness (QED) is 0.658. The minimum atomic E-state index is -0.179. The standard InChI is InChI=1S/C8H9N3O/c9-3-5-11-4-1-2-7(6-10)8(11)12/h1-2,4H,5-6,10H2. The number of nitrogens with zero attached hydrogens (tertiary/aromatic N) is 2. The van der Waals surface area contributed by atoms with E-state index in [1.165, 1.54) is 4.57 Å². The van der Waals surface area contributed by atoms with Gasteiger partial charge in [0.05, 0.1) is 6.07 Å². The third kappa shape index (κ3) is 1.52. The molecule has 0 unspecified atom stereocenters.